The van der Waals surface area contributed by atoms with E-state index in [0.717, 1.165) is 0 Å². The van der Waals surface area contributed by atoms with Gasteiger partial charge in [-0.1, -0.05) is 24.3 Å². The normalized spacial score (nSPS) is 10.8. The molecule has 9 nitrogen and oxygen atoms in total. The van der Waals surface area contributed by atoms with Crippen LogP contribution in [0.15, 0.2) is 47.9 Å². The van der Waals surface area contributed by atoms with Gasteiger partial charge in [-0.3, -0.25) is 5.32 Å². The van der Waals surface area contributed by atoms with Crippen LogP contribution < -0.4 is 14.8 Å². The molecule has 0 spiro atoms. The van der Waals surface area contributed by atoms with Gasteiger partial charge in [0, 0.05) is 0 Å². The van der Waals surface area contributed by atoms with E-state index in [4.69, 9.17) is 9.47 Å². The summed E-state index contributed by atoms with van der Waals surface area (Å²) in [6, 6.07) is 6.59. The van der Waals surface area contributed by atoms with Crippen LogP contribution in [0.2, 0.25) is 0 Å². The van der Waals surface area contributed by atoms with E-state index in [1.54, 1.807) is 24.3 Å². The zero-order valence-corrected chi connectivity index (χ0v) is 16.3. The van der Waals surface area contributed by atoms with E-state index < -0.39 is 16.1 Å². The maximum Gasteiger partial charge on any atom is 0.348 e. The Balaban J connectivity index is 2.30. The zero-order valence-electron chi connectivity index (χ0n) is 14.6. The van der Waals surface area contributed by atoms with Crippen LogP contribution in [-0.4, -0.2) is 42.3 Å². The van der Waals surface area contributed by atoms with E-state index in [1.165, 1.54) is 26.4 Å². The Labute approximate surface area is 162 Å². The van der Waals surface area contributed by atoms with Crippen LogP contribution in [0.3, 0.4) is 0 Å². The van der Waals surface area contributed by atoms with Crippen molar-refractivity contribution in [2.75, 3.05) is 19.5 Å². The van der Waals surface area contributed by atoms with Gasteiger partial charge in [0.25, 0.3) is 10.0 Å². The number of hydrogen-bond acceptors (Lipinski definition) is 8. The Kier molecular flexibility index (Phi) is 6.64. The third-order valence-corrected chi connectivity index (χ3v) is 5.73. The molecule has 0 atom stereocenters. The van der Waals surface area contributed by atoms with Gasteiger partial charge in [-0.25, -0.2) is 13.2 Å². The molecule has 144 valence electrons. The van der Waals surface area contributed by atoms with Crippen molar-refractivity contribution in [1.82, 2.24) is 13.7 Å². The number of benzene rings is 1. The van der Waals surface area contributed by atoms with Crippen LogP contribution in [-0.2, 0) is 16.4 Å². The van der Waals surface area contributed by atoms with Gasteiger partial charge >= 0.3 is 6.03 Å². The van der Waals surface area contributed by atoms with Crippen LogP contribution in [0.5, 0.6) is 11.8 Å². The lowest BCUT2D eigenvalue weighted by atomic mass is 10.1. The first kappa shape index (κ1) is 20.5. The lowest BCUT2D eigenvalue weighted by Crippen LogP contribution is -2.33. The topological polar surface area (TPSA) is 111 Å². The van der Waals surface area contributed by atoms with Crippen molar-refractivity contribution < 1.29 is 22.7 Å². The summed E-state index contributed by atoms with van der Waals surface area (Å²) in [6.45, 7) is 3.60. The smallest absolute Gasteiger partial charge is 0.348 e. The first-order chi connectivity index (χ1) is 12.8. The molecule has 0 saturated heterocycles. The molecule has 0 radical (unpaired) electrons. The number of nitrogens with one attached hydrogen (secondary N) is 1. The average molecular weight is 410 g/mol. The van der Waals surface area contributed by atoms with Gasteiger partial charge < -0.3 is 9.47 Å². The van der Waals surface area contributed by atoms with Crippen molar-refractivity contribution >= 4 is 34.8 Å². The minimum Gasteiger partial charge on any atom is -0.481 e. The summed E-state index contributed by atoms with van der Waals surface area (Å²) >= 11 is 3.85. The van der Waals surface area contributed by atoms with Crippen LogP contribution in [0.25, 0.3) is 0 Å². The fourth-order valence-corrected chi connectivity index (χ4v) is 3.59. The molecule has 1 heterocycles. The highest BCUT2D eigenvalue weighted by Gasteiger charge is 2.29. The summed E-state index contributed by atoms with van der Waals surface area (Å²) in [6.07, 6.45) is 1.88. The highest BCUT2D eigenvalue weighted by atomic mass is 32.3. The summed E-state index contributed by atoms with van der Waals surface area (Å²) in [4.78, 5) is 20.1. The average Bonchev–Trinajstić information content (AvgIpc) is 2.67. The number of allylic oxidation sites excluding steroid dienone is 1. The highest BCUT2D eigenvalue weighted by molar-refractivity contribution is 8.00. The second kappa shape index (κ2) is 8.73. The van der Waals surface area contributed by atoms with Crippen molar-refractivity contribution in [2.45, 2.75) is 11.3 Å². The Hall–Kier alpha value is -2.79. The fourth-order valence-electron chi connectivity index (χ4n) is 2.09. The largest absolute Gasteiger partial charge is 0.481 e. The number of carbonyl (C=O) groups excluding carboxylic acids is 1. The van der Waals surface area contributed by atoms with E-state index in [1.807, 2.05) is 0 Å². The monoisotopic (exact) mass is 410 g/mol. The van der Waals surface area contributed by atoms with E-state index in [2.05, 4.69) is 34.7 Å². The molecule has 1 aromatic carbocycles. The first-order valence-electron chi connectivity index (χ1n) is 7.54. The van der Waals surface area contributed by atoms with Gasteiger partial charge in [0.05, 0.1) is 25.2 Å². The molecule has 0 saturated carbocycles. The van der Waals surface area contributed by atoms with E-state index in [0.29, 0.717) is 12.0 Å². The number of thiol groups is 1. The maximum atomic E-state index is 12.8. The van der Waals surface area contributed by atoms with Gasteiger partial charge in [0.15, 0.2) is 0 Å². The molecule has 2 amide bonds. The molecular formula is C16H18N4O5S2. The van der Waals surface area contributed by atoms with E-state index in [9.17, 15) is 13.2 Å². The highest BCUT2D eigenvalue weighted by Crippen LogP contribution is 2.24. The Morgan fingerprint density at radius 2 is 1.85 bits per heavy atom. The summed E-state index contributed by atoms with van der Waals surface area (Å²) in [5.74, 6) is 0.0499. The van der Waals surface area contributed by atoms with Crippen molar-refractivity contribution in [3.63, 3.8) is 0 Å². The molecule has 0 aliphatic rings. The van der Waals surface area contributed by atoms with Crippen LogP contribution in [0.1, 0.15) is 5.56 Å². The molecule has 11 heteroatoms. The van der Waals surface area contributed by atoms with Crippen molar-refractivity contribution in [3.8, 4) is 11.8 Å². The number of amides is 2. The van der Waals surface area contributed by atoms with Crippen LogP contribution in [0, 0.1) is 0 Å². The molecule has 27 heavy (non-hydrogen) atoms. The number of methoxy groups -OCH3 is 2. The maximum absolute atomic E-state index is 12.8. The molecule has 2 aromatic rings. The molecular weight excluding hydrogens is 392 g/mol. The molecule has 0 unspecified atom stereocenters. The zero-order chi connectivity index (χ0) is 20.0. The van der Waals surface area contributed by atoms with Crippen LogP contribution in [0.4, 0.5) is 10.7 Å². The van der Waals surface area contributed by atoms with Gasteiger partial charge in [0.1, 0.15) is 0 Å². The van der Waals surface area contributed by atoms with Crippen LogP contribution >= 0.6 is 12.8 Å². The standard InChI is InChI=1S/C16H18N4O5S2/c1-4-7-11-8-5-6-9-12(11)27(22,23)20(26)16(21)19-15-17-13(24-2)10-14(18-15)25-3/h4-6,8-10,26H,1,7H2,2-3H3,(H,17,18,19,21). The number of nitrogens with zero attached hydrogens (tertiary/aromatic N) is 3. The summed E-state index contributed by atoms with van der Waals surface area (Å²) in [5.41, 5.74) is 0.485. The second-order valence-electron chi connectivity index (χ2n) is 5.05. The van der Waals surface area contributed by atoms with Crippen molar-refractivity contribution in [2.24, 2.45) is 0 Å². The lowest BCUT2D eigenvalue weighted by Gasteiger charge is -2.18. The number of carbonyl (C=O) groups is 1. The van der Waals surface area contributed by atoms with Crippen molar-refractivity contribution in [1.29, 1.82) is 0 Å². The number of hydrogen-bond donors (Lipinski definition) is 2. The number of aromatic nitrogens is 2. The van der Waals surface area contributed by atoms with E-state index >= 15 is 0 Å². The predicted octanol–water partition coefficient (Wildman–Crippen LogP) is 2.29. The second-order valence-corrected chi connectivity index (χ2v) is 7.48. The SMILES string of the molecule is C=CCc1ccccc1S(=O)(=O)N(S)C(=O)Nc1nc(OC)cc(OC)n1. The number of anilines is 1. The molecule has 0 aliphatic carbocycles. The van der Waals surface area contributed by atoms with Gasteiger partial charge in [-0.05, 0) is 30.9 Å². The third kappa shape index (κ3) is 4.68. The van der Waals surface area contributed by atoms with E-state index in [-0.39, 0.29) is 26.3 Å². The summed E-state index contributed by atoms with van der Waals surface area (Å²) < 4.78 is 35.8. The molecule has 0 fully saturated rings. The lowest BCUT2D eigenvalue weighted by molar-refractivity contribution is 0.248. The predicted molar refractivity (Wildman–Crippen MR) is 103 cm³/mol. The third-order valence-electron chi connectivity index (χ3n) is 3.33. The summed E-state index contributed by atoms with van der Waals surface area (Å²) in [7, 11) is -1.47. The molecule has 1 N–H and O–H groups in total. The number of sulfonamides is 1. The molecule has 0 bridgehead atoms. The first-order valence-corrected chi connectivity index (χ1v) is 9.38. The number of rotatable bonds is 7. The quantitative estimate of drug-likeness (QED) is 0.532. The minimum atomic E-state index is -4.22. The number of ether oxygens (including phenoxy) is 2. The Bertz CT molecular complexity index is 927. The molecule has 2 rings (SSSR count). The fraction of sp³-hybridized carbons (Fsp3) is 0.188. The van der Waals surface area contributed by atoms with Crippen molar-refractivity contribution in [3.05, 3.63) is 48.6 Å². The Morgan fingerprint density at radius 3 is 2.41 bits per heavy atom. The minimum absolute atomic E-state index is 0.0563. The number of urea groups is 1. The van der Waals surface area contributed by atoms with Gasteiger partial charge in [-0.2, -0.15) is 13.7 Å². The molecule has 1 aromatic heterocycles. The molecule has 0 aliphatic heterocycles. The van der Waals surface area contributed by atoms with Gasteiger partial charge in [-0.15, -0.1) is 6.58 Å². The summed E-state index contributed by atoms with van der Waals surface area (Å²) in [5, 5.41) is 2.25. The Morgan fingerprint density at radius 1 is 1.26 bits per heavy atom. The van der Waals surface area contributed by atoms with Gasteiger partial charge in [0.2, 0.25) is 17.7 Å².